The van der Waals surface area contributed by atoms with Gasteiger partial charge in [0.05, 0.1) is 9.79 Å². The van der Waals surface area contributed by atoms with Crippen molar-refractivity contribution in [2.45, 2.75) is 30.1 Å². The van der Waals surface area contributed by atoms with Crippen LogP contribution >= 0.6 is 0 Å². The third kappa shape index (κ3) is 3.99. The molecule has 0 saturated heterocycles. The molecule has 2 aromatic heterocycles. The largest absolute Gasteiger partial charge is 0.346 e. The van der Waals surface area contributed by atoms with E-state index in [9.17, 15) is 16.8 Å². The van der Waals surface area contributed by atoms with Crippen LogP contribution < -0.4 is 0 Å². The quantitative estimate of drug-likeness (QED) is 0.567. The molecule has 8 nitrogen and oxygen atoms in total. The van der Waals surface area contributed by atoms with Gasteiger partial charge in [0.15, 0.2) is 0 Å². The molecule has 0 aliphatic carbocycles. The van der Waals surface area contributed by atoms with E-state index >= 15 is 0 Å². The fraction of sp³-hybridized carbons (Fsp3) is 0.318. The molecule has 4 rings (SSSR count). The predicted octanol–water partition coefficient (Wildman–Crippen LogP) is 3.07. The fourth-order valence-electron chi connectivity index (χ4n) is 3.98. The van der Waals surface area contributed by atoms with Gasteiger partial charge in [-0.05, 0) is 48.4 Å². The summed E-state index contributed by atoms with van der Waals surface area (Å²) in [5, 5.41) is 1.01. The third-order valence-electron chi connectivity index (χ3n) is 5.77. The summed E-state index contributed by atoms with van der Waals surface area (Å²) in [5.41, 5.74) is 2.92. The van der Waals surface area contributed by atoms with Crippen molar-refractivity contribution < 1.29 is 16.8 Å². The second-order valence-electron chi connectivity index (χ2n) is 7.51. The van der Waals surface area contributed by atoms with E-state index in [-0.39, 0.29) is 16.3 Å². The Balaban J connectivity index is 1.55. The number of benzene rings is 1. The minimum Gasteiger partial charge on any atom is -0.346 e. The SMILES string of the molecule is CCN(CC)S(=O)(=O)c1ccc(S(=O)(=O)N2CC=C(c3c[nH]c4ncccc34)CC2)cc1. The van der Waals surface area contributed by atoms with E-state index in [4.69, 9.17) is 0 Å². The predicted molar refractivity (Wildman–Crippen MR) is 124 cm³/mol. The van der Waals surface area contributed by atoms with Crippen LogP contribution in [-0.4, -0.2) is 61.6 Å². The zero-order chi connectivity index (χ0) is 22.9. The number of aromatic amines is 1. The summed E-state index contributed by atoms with van der Waals surface area (Å²) in [4.78, 5) is 7.63. The molecule has 0 unspecified atom stereocenters. The highest BCUT2D eigenvalue weighted by atomic mass is 32.2. The summed E-state index contributed by atoms with van der Waals surface area (Å²) >= 11 is 0. The van der Waals surface area contributed by atoms with E-state index in [1.165, 1.54) is 32.9 Å². The Hall–Kier alpha value is -2.53. The van der Waals surface area contributed by atoms with Crippen molar-refractivity contribution in [1.29, 1.82) is 0 Å². The van der Waals surface area contributed by atoms with Crippen LogP contribution in [-0.2, 0) is 20.0 Å². The number of aromatic nitrogens is 2. The van der Waals surface area contributed by atoms with E-state index in [0.717, 1.165) is 22.2 Å². The molecule has 0 bridgehead atoms. The molecule has 0 atom stereocenters. The maximum Gasteiger partial charge on any atom is 0.243 e. The summed E-state index contributed by atoms with van der Waals surface area (Å²) in [5.74, 6) is 0. The molecule has 1 aliphatic heterocycles. The van der Waals surface area contributed by atoms with Crippen LogP contribution in [0.1, 0.15) is 25.8 Å². The van der Waals surface area contributed by atoms with Crippen LogP contribution in [0.3, 0.4) is 0 Å². The molecule has 10 heteroatoms. The molecule has 0 fully saturated rings. The third-order valence-corrected chi connectivity index (χ3v) is 9.72. The lowest BCUT2D eigenvalue weighted by Crippen LogP contribution is -2.34. The Labute approximate surface area is 188 Å². The number of pyridine rings is 1. The summed E-state index contributed by atoms with van der Waals surface area (Å²) in [6.45, 7) is 4.85. The summed E-state index contributed by atoms with van der Waals surface area (Å²) < 4.78 is 54.3. The minimum atomic E-state index is -3.73. The molecule has 0 saturated carbocycles. The van der Waals surface area contributed by atoms with Crippen LogP contribution in [0.4, 0.5) is 0 Å². The molecule has 0 radical (unpaired) electrons. The van der Waals surface area contributed by atoms with Crippen molar-refractivity contribution in [2.75, 3.05) is 26.2 Å². The van der Waals surface area contributed by atoms with E-state index in [1.807, 2.05) is 24.4 Å². The number of sulfonamides is 2. The molecule has 0 spiro atoms. The van der Waals surface area contributed by atoms with Gasteiger partial charge >= 0.3 is 0 Å². The maximum absolute atomic E-state index is 13.1. The van der Waals surface area contributed by atoms with Gasteiger partial charge in [-0.25, -0.2) is 21.8 Å². The maximum atomic E-state index is 13.1. The van der Waals surface area contributed by atoms with Crippen LogP contribution in [0.25, 0.3) is 16.6 Å². The Morgan fingerprint density at radius 1 is 1.03 bits per heavy atom. The van der Waals surface area contributed by atoms with Crippen molar-refractivity contribution in [1.82, 2.24) is 18.6 Å². The number of hydrogen-bond donors (Lipinski definition) is 1. The van der Waals surface area contributed by atoms with Gasteiger partial charge in [0.2, 0.25) is 20.0 Å². The highest BCUT2D eigenvalue weighted by molar-refractivity contribution is 7.89. The summed E-state index contributed by atoms with van der Waals surface area (Å²) in [6, 6.07) is 9.35. The van der Waals surface area contributed by atoms with Crippen molar-refractivity contribution in [3.8, 4) is 0 Å². The number of rotatable bonds is 7. The Kier molecular flexibility index (Phi) is 6.22. The first kappa shape index (κ1) is 22.7. The van der Waals surface area contributed by atoms with Gasteiger partial charge in [-0.1, -0.05) is 19.9 Å². The Morgan fingerprint density at radius 2 is 1.72 bits per heavy atom. The summed E-state index contributed by atoms with van der Waals surface area (Å²) in [6.07, 6.45) is 6.14. The zero-order valence-corrected chi connectivity index (χ0v) is 19.7. The van der Waals surface area contributed by atoms with Gasteiger partial charge in [0, 0.05) is 49.5 Å². The average molecular weight is 475 g/mol. The first-order chi connectivity index (χ1) is 15.3. The second kappa shape index (κ2) is 8.78. The monoisotopic (exact) mass is 474 g/mol. The zero-order valence-electron chi connectivity index (χ0n) is 18.0. The Bertz CT molecular complexity index is 1360. The van der Waals surface area contributed by atoms with E-state index in [0.29, 0.717) is 26.1 Å². The molecule has 1 N–H and O–H groups in total. The standard InChI is InChI=1S/C22H26N4O4S2/c1-3-25(4-2)31(27,28)18-7-9-19(10-8-18)32(29,30)26-14-11-17(12-15-26)21-16-24-22-20(21)6-5-13-23-22/h5-11,13,16H,3-4,12,14-15H2,1-2H3,(H,23,24). The molecule has 3 heterocycles. The fourth-order valence-corrected chi connectivity index (χ4v) is 6.82. The molecule has 32 heavy (non-hydrogen) atoms. The minimum absolute atomic E-state index is 0.0872. The van der Waals surface area contributed by atoms with Crippen LogP contribution in [0.15, 0.2) is 64.7 Å². The molecule has 1 aromatic carbocycles. The average Bonchev–Trinajstić information content (AvgIpc) is 3.24. The highest BCUT2D eigenvalue weighted by Gasteiger charge is 2.28. The normalized spacial score (nSPS) is 15.9. The van der Waals surface area contributed by atoms with Crippen LogP contribution in [0.2, 0.25) is 0 Å². The van der Waals surface area contributed by atoms with E-state index in [1.54, 1.807) is 20.0 Å². The van der Waals surface area contributed by atoms with Gasteiger partial charge in [-0.15, -0.1) is 0 Å². The number of nitrogens with one attached hydrogen (secondary N) is 1. The van der Waals surface area contributed by atoms with Crippen LogP contribution in [0, 0.1) is 0 Å². The smallest absolute Gasteiger partial charge is 0.243 e. The molecule has 3 aromatic rings. The van der Waals surface area contributed by atoms with Gasteiger partial charge in [0.1, 0.15) is 5.65 Å². The first-order valence-electron chi connectivity index (χ1n) is 10.5. The number of hydrogen-bond acceptors (Lipinski definition) is 5. The lowest BCUT2D eigenvalue weighted by atomic mass is 10.0. The van der Waals surface area contributed by atoms with Gasteiger partial charge in [0.25, 0.3) is 0 Å². The Morgan fingerprint density at radius 3 is 2.34 bits per heavy atom. The molecule has 1 aliphatic rings. The van der Waals surface area contributed by atoms with E-state index in [2.05, 4.69) is 9.97 Å². The molecular weight excluding hydrogens is 448 g/mol. The number of fused-ring (bicyclic) bond motifs is 1. The van der Waals surface area contributed by atoms with Gasteiger partial charge in [-0.3, -0.25) is 0 Å². The topological polar surface area (TPSA) is 103 Å². The molecule has 170 valence electrons. The number of H-pyrrole nitrogens is 1. The van der Waals surface area contributed by atoms with Crippen molar-refractivity contribution in [3.63, 3.8) is 0 Å². The lowest BCUT2D eigenvalue weighted by Gasteiger charge is -2.26. The summed E-state index contributed by atoms with van der Waals surface area (Å²) in [7, 11) is -7.36. The first-order valence-corrected chi connectivity index (χ1v) is 13.4. The van der Waals surface area contributed by atoms with Crippen molar-refractivity contribution in [2.24, 2.45) is 0 Å². The number of nitrogens with zero attached hydrogens (tertiary/aromatic N) is 3. The van der Waals surface area contributed by atoms with Gasteiger partial charge < -0.3 is 4.98 Å². The lowest BCUT2D eigenvalue weighted by molar-refractivity contribution is 0.440. The van der Waals surface area contributed by atoms with Crippen molar-refractivity contribution in [3.05, 3.63) is 60.4 Å². The van der Waals surface area contributed by atoms with Gasteiger partial charge in [-0.2, -0.15) is 8.61 Å². The van der Waals surface area contributed by atoms with E-state index < -0.39 is 20.0 Å². The molecular formula is C22H26N4O4S2. The van der Waals surface area contributed by atoms with Crippen LogP contribution in [0.5, 0.6) is 0 Å². The molecule has 0 amide bonds. The second-order valence-corrected chi connectivity index (χ2v) is 11.4. The highest BCUT2D eigenvalue weighted by Crippen LogP contribution is 2.30. The van der Waals surface area contributed by atoms with Crippen molar-refractivity contribution >= 4 is 36.7 Å².